The van der Waals surface area contributed by atoms with Gasteiger partial charge in [-0.2, -0.15) is 0 Å². The highest BCUT2D eigenvalue weighted by atomic mass is 35.5. The number of rotatable bonds is 5. The Morgan fingerprint density at radius 1 is 1.03 bits per heavy atom. The number of hydrogen-bond acceptors (Lipinski definition) is 4. The summed E-state index contributed by atoms with van der Waals surface area (Å²) in [7, 11) is 0. The number of nitrogens with zero attached hydrogens (tertiary/aromatic N) is 1. The minimum atomic E-state index is -0.391. The third kappa shape index (κ3) is 3.59. The fraction of sp³-hybridized carbons (Fsp3) is 0.130. The lowest BCUT2D eigenvalue weighted by molar-refractivity contribution is -0.120. The molecule has 0 radical (unpaired) electrons. The van der Waals surface area contributed by atoms with Gasteiger partial charge in [-0.25, -0.2) is 4.90 Å². The van der Waals surface area contributed by atoms with E-state index < -0.39 is 5.91 Å². The molecule has 0 aliphatic carbocycles. The Morgan fingerprint density at radius 2 is 1.79 bits per heavy atom. The molecule has 0 bridgehead atoms. The molecular formula is C23H19ClN2O2S. The Labute approximate surface area is 178 Å². The second kappa shape index (κ2) is 7.85. The molecular weight excluding hydrogens is 404 g/mol. The Bertz CT molecular complexity index is 1120. The predicted octanol–water partition coefficient (Wildman–Crippen LogP) is 5.67. The number of carbonyl (C=O) groups is 2. The maximum atomic E-state index is 13.3. The minimum absolute atomic E-state index is 0.276. The normalized spacial score (nSPS) is 14.1. The van der Waals surface area contributed by atoms with Crippen molar-refractivity contribution in [3.63, 3.8) is 0 Å². The van der Waals surface area contributed by atoms with Crippen molar-refractivity contribution in [1.82, 2.24) is 0 Å². The van der Waals surface area contributed by atoms with Crippen LogP contribution in [0.3, 0.4) is 0 Å². The molecule has 29 heavy (non-hydrogen) atoms. The van der Waals surface area contributed by atoms with E-state index in [1.807, 2.05) is 48.7 Å². The van der Waals surface area contributed by atoms with Crippen LogP contribution >= 0.6 is 22.9 Å². The number of nitrogens with one attached hydrogen (secondary N) is 1. The Balaban J connectivity index is 1.76. The number of imide groups is 1. The third-order valence-corrected chi connectivity index (χ3v) is 6.19. The van der Waals surface area contributed by atoms with E-state index in [1.54, 1.807) is 18.2 Å². The Hall–Kier alpha value is -2.89. The van der Waals surface area contributed by atoms with Crippen molar-refractivity contribution in [2.75, 3.05) is 10.2 Å². The molecule has 2 heterocycles. The van der Waals surface area contributed by atoms with Crippen molar-refractivity contribution < 1.29 is 9.59 Å². The molecule has 1 aliphatic rings. The molecule has 1 aliphatic heterocycles. The molecule has 6 heteroatoms. The van der Waals surface area contributed by atoms with E-state index in [4.69, 9.17) is 11.6 Å². The quantitative estimate of drug-likeness (QED) is 0.539. The SMILES string of the molecule is CCc1ccc(NC2=C(c3cccs3)C(=O)N(c3ccc(C)c(Cl)c3)C2=O)cc1. The lowest BCUT2D eigenvalue weighted by atomic mass is 10.1. The van der Waals surface area contributed by atoms with Crippen molar-refractivity contribution in [2.45, 2.75) is 20.3 Å². The summed E-state index contributed by atoms with van der Waals surface area (Å²) < 4.78 is 0. The van der Waals surface area contributed by atoms with Crippen LogP contribution in [0.25, 0.3) is 5.57 Å². The van der Waals surface area contributed by atoms with E-state index in [-0.39, 0.29) is 11.6 Å². The zero-order chi connectivity index (χ0) is 20.5. The standard InChI is InChI=1S/C23H19ClN2O2S/c1-3-15-7-9-16(10-8-15)25-21-20(19-5-4-12-29-19)22(27)26(23(21)28)17-11-6-14(2)18(24)13-17/h4-13,25H,3H2,1-2H3. The lowest BCUT2D eigenvalue weighted by Gasteiger charge is -2.16. The van der Waals surface area contributed by atoms with E-state index in [2.05, 4.69) is 12.2 Å². The fourth-order valence-corrected chi connectivity index (χ4v) is 4.16. The van der Waals surface area contributed by atoms with Crippen LogP contribution in [0.5, 0.6) is 0 Å². The van der Waals surface area contributed by atoms with Crippen molar-refractivity contribution in [3.05, 3.63) is 86.7 Å². The van der Waals surface area contributed by atoms with E-state index in [0.29, 0.717) is 16.3 Å². The van der Waals surface area contributed by atoms with Gasteiger partial charge in [-0.05, 0) is 60.2 Å². The summed E-state index contributed by atoms with van der Waals surface area (Å²) in [5.74, 6) is -0.747. The molecule has 2 amide bonds. The van der Waals surface area contributed by atoms with Crippen molar-refractivity contribution in [2.24, 2.45) is 0 Å². The molecule has 0 spiro atoms. The second-order valence-electron chi connectivity index (χ2n) is 6.78. The van der Waals surface area contributed by atoms with Crippen molar-refractivity contribution in [3.8, 4) is 0 Å². The molecule has 0 saturated carbocycles. The van der Waals surface area contributed by atoms with E-state index in [0.717, 1.165) is 22.5 Å². The van der Waals surface area contributed by atoms with Gasteiger partial charge in [0.2, 0.25) is 0 Å². The van der Waals surface area contributed by atoms with Gasteiger partial charge in [0.1, 0.15) is 5.70 Å². The van der Waals surface area contributed by atoms with Crippen LogP contribution in [-0.4, -0.2) is 11.8 Å². The van der Waals surface area contributed by atoms with Crippen LogP contribution in [-0.2, 0) is 16.0 Å². The molecule has 4 rings (SSSR count). The van der Waals surface area contributed by atoms with Crippen LogP contribution in [0.15, 0.2) is 65.7 Å². The average molecular weight is 423 g/mol. The smallest absolute Gasteiger partial charge is 0.282 e. The molecule has 0 atom stereocenters. The summed E-state index contributed by atoms with van der Waals surface area (Å²) in [4.78, 5) is 28.5. The van der Waals surface area contributed by atoms with Gasteiger partial charge in [-0.1, -0.05) is 42.8 Å². The summed E-state index contributed by atoms with van der Waals surface area (Å²) in [6, 6.07) is 16.8. The highest BCUT2D eigenvalue weighted by Gasteiger charge is 2.40. The van der Waals surface area contributed by atoms with Gasteiger partial charge < -0.3 is 5.32 Å². The average Bonchev–Trinajstić information content (AvgIpc) is 3.32. The number of thiophene rings is 1. The lowest BCUT2D eigenvalue weighted by Crippen LogP contribution is -2.32. The minimum Gasteiger partial charge on any atom is -0.350 e. The van der Waals surface area contributed by atoms with Crippen LogP contribution in [0.4, 0.5) is 11.4 Å². The van der Waals surface area contributed by atoms with Crippen LogP contribution in [0.2, 0.25) is 5.02 Å². The highest BCUT2D eigenvalue weighted by molar-refractivity contribution is 7.11. The molecule has 2 aromatic carbocycles. The van der Waals surface area contributed by atoms with Crippen molar-refractivity contribution in [1.29, 1.82) is 0 Å². The Morgan fingerprint density at radius 3 is 2.41 bits per heavy atom. The summed E-state index contributed by atoms with van der Waals surface area (Å²) in [6.45, 7) is 3.96. The molecule has 3 aromatic rings. The molecule has 4 nitrogen and oxygen atoms in total. The van der Waals surface area contributed by atoms with Gasteiger partial charge in [0, 0.05) is 15.6 Å². The molecule has 1 aromatic heterocycles. The van der Waals surface area contributed by atoms with Gasteiger partial charge in [0.25, 0.3) is 11.8 Å². The summed E-state index contributed by atoms with van der Waals surface area (Å²) >= 11 is 7.67. The maximum Gasteiger partial charge on any atom is 0.282 e. The first-order valence-corrected chi connectivity index (χ1v) is 10.5. The topological polar surface area (TPSA) is 49.4 Å². The van der Waals surface area contributed by atoms with Crippen molar-refractivity contribution >= 4 is 51.7 Å². The van der Waals surface area contributed by atoms with Gasteiger partial charge in [-0.3, -0.25) is 9.59 Å². The molecule has 146 valence electrons. The number of halogens is 1. The van der Waals surface area contributed by atoms with Gasteiger partial charge >= 0.3 is 0 Å². The first kappa shape index (κ1) is 19.4. The summed E-state index contributed by atoms with van der Waals surface area (Å²) in [6.07, 6.45) is 0.933. The van der Waals surface area contributed by atoms with Gasteiger partial charge in [0.05, 0.1) is 11.3 Å². The summed E-state index contributed by atoms with van der Waals surface area (Å²) in [5, 5.41) is 5.58. The van der Waals surface area contributed by atoms with Gasteiger partial charge in [-0.15, -0.1) is 11.3 Å². The number of hydrogen-bond donors (Lipinski definition) is 1. The van der Waals surface area contributed by atoms with Crippen LogP contribution in [0, 0.1) is 6.92 Å². The molecule has 1 N–H and O–H groups in total. The van der Waals surface area contributed by atoms with E-state index in [9.17, 15) is 9.59 Å². The third-order valence-electron chi connectivity index (χ3n) is 4.90. The fourth-order valence-electron chi connectivity index (χ4n) is 3.22. The van der Waals surface area contributed by atoms with Gasteiger partial charge in [0.15, 0.2) is 0 Å². The first-order chi connectivity index (χ1) is 14.0. The van der Waals surface area contributed by atoms with E-state index in [1.165, 1.54) is 21.8 Å². The van der Waals surface area contributed by atoms with E-state index >= 15 is 0 Å². The molecule has 0 unspecified atom stereocenters. The van der Waals surface area contributed by atoms with Crippen LogP contribution < -0.4 is 10.2 Å². The zero-order valence-electron chi connectivity index (χ0n) is 16.0. The Kier molecular flexibility index (Phi) is 5.26. The monoisotopic (exact) mass is 422 g/mol. The highest BCUT2D eigenvalue weighted by Crippen LogP contribution is 2.36. The zero-order valence-corrected chi connectivity index (χ0v) is 17.6. The number of aryl methyl sites for hydroxylation is 2. The predicted molar refractivity (Wildman–Crippen MR) is 119 cm³/mol. The number of carbonyl (C=O) groups excluding carboxylic acids is 2. The first-order valence-electron chi connectivity index (χ1n) is 9.28. The maximum absolute atomic E-state index is 13.3. The number of anilines is 2. The molecule has 0 fully saturated rings. The summed E-state index contributed by atoms with van der Waals surface area (Å²) in [5.41, 5.74) is 3.96. The second-order valence-corrected chi connectivity index (χ2v) is 8.14. The largest absolute Gasteiger partial charge is 0.350 e. The number of amides is 2. The van der Waals surface area contributed by atoms with Crippen LogP contribution in [0.1, 0.15) is 22.9 Å². The number of benzene rings is 2. The molecule has 0 saturated heterocycles.